The van der Waals surface area contributed by atoms with E-state index in [1.54, 1.807) is 7.11 Å². The number of aromatic nitrogens is 1. The lowest BCUT2D eigenvalue weighted by Gasteiger charge is -2.36. The Kier molecular flexibility index (Phi) is 5.22. The molecule has 1 atom stereocenters. The van der Waals surface area contributed by atoms with Gasteiger partial charge in [-0.05, 0) is 61.1 Å². The summed E-state index contributed by atoms with van der Waals surface area (Å²) in [5.74, 6) is 1.55. The second-order valence-electron chi connectivity index (χ2n) is 8.62. The molecule has 1 aliphatic carbocycles. The van der Waals surface area contributed by atoms with Crippen molar-refractivity contribution in [1.29, 1.82) is 0 Å². The molecular weight excluding hydrogens is 408 g/mol. The van der Waals surface area contributed by atoms with E-state index in [1.165, 1.54) is 29.0 Å². The number of ether oxygens (including phenoxy) is 1. The van der Waals surface area contributed by atoms with Gasteiger partial charge in [0, 0.05) is 42.9 Å². The highest BCUT2D eigenvalue weighted by molar-refractivity contribution is 7.21. The second-order valence-corrected chi connectivity index (χ2v) is 9.62. The lowest BCUT2D eigenvalue weighted by Crippen LogP contribution is -2.48. The van der Waals surface area contributed by atoms with E-state index in [1.807, 2.05) is 17.0 Å². The number of fused-ring (bicyclic) bond motifs is 2. The zero-order valence-electron chi connectivity index (χ0n) is 18.1. The van der Waals surface area contributed by atoms with Gasteiger partial charge in [0.2, 0.25) is 0 Å². The van der Waals surface area contributed by atoms with Gasteiger partial charge in [-0.25, -0.2) is 4.98 Å². The molecule has 2 N–H and O–H groups in total. The van der Waals surface area contributed by atoms with E-state index < -0.39 is 0 Å². The molecule has 3 aromatic rings. The normalized spacial score (nSPS) is 18.8. The molecule has 1 saturated heterocycles. The minimum absolute atomic E-state index is 0.0289. The van der Waals surface area contributed by atoms with Crippen LogP contribution in [0, 0.1) is 5.92 Å². The Hall–Kier alpha value is -2.80. The maximum Gasteiger partial charge on any atom is 0.266 e. The summed E-state index contributed by atoms with van der Waals surface area (Å²) in [5, 5.41) is 0.943. The number of nitrogen functional groups attached to an aromatic ring is 1. The Bertz CT molecular complexity index is 1120. The number of methoxy groups -OCH3 is 1. The highest BCUT2D eigenvalue weighted by Crippen LogP contribution is 2.37. The summed E-state index contributed by atoms with van der Waals surface area (Å²) in [6, 6.07) is 10.2. The third-order valence-electron chi connectivity index (χ3n) is 6.53. The first-order valence-corrected chi connectivity index (χ1v) is 11.7. The fraction of sp³-hybridized carbons (Fsp3) is 0.417. The summed E-state index contributed by atoms with van der Waals surface area (Å²) in [6.45, 7) is 5.24. The minimum Gasteiger partial charge on any atom is -0.497 e. The Morgan fingerprint density at radius 3 is 2.65 bits per heavy atom. The molecule has 1 aromatic carbocycles. The van der Waals surface area contributed by atoms with E-state index in [0.29, 0.717) is 29.6 Å². The van der Waals surface area contributed by atoms with Gasteiger partial charge in [-0.15, -0.1) is 11.3 Å². The lowest BCUT2D eigenvalue weighted by atomic mass is 9.87. The molecule has 3 heterocycles. The fourth-order valence-corrected chi connectivity index (χ4v) is 5.70. The summed E-state index contributed by atoms with van der Waals surface area (Å²) >= 11 is 1.45. The number of hydrogen-bond donors (Lipinski definition) is 1. The average Bonchev–Trinajstić information content (AvgIpc) is 3.12. The molecule has 5 rings (SSSR count). The molecule has 31 heavy (non-hydrogen) atoms. The van der Waals surface area contributed by atoms with Gasteiger partial charge in [0.05, 0.1) is 12.8 Å². The number of anilines is 2. The summed E-state index contributed by atoms with van der Waals surface area (Å²) < 4.78 is 5.24. The van der Waals surface area contributed by atoms with Gasteiger partial charge >= 0.3 is 0 Å². The number of aryl methyl sites for hydroxylation is 1. The van der Waals surface area contributed by atoms with E-state index in [2.05, 4.69) is 30.0 Å². The fourth-order valence-electron chi connectivity index (χ4n) is 4.64. The number of nitrogens with two attached hydrogens (primary N) is 1. The first kappa shape index (κ1) is 20.1. The van der Waals surface area contributed by atoms with Crippen molar-refractivity contribution in [3.63, 3.8) is 0 Å². The third kappa shape index (κ3) is 3.71. The van der Waals surface area contributed by atoms with Crippen LogP contribution in [0.25, 0.3) is 10.2 Å². The molecule has 1 unspecified atom stereocenters. The SMILES string of the molecule is COc1ccc(N2CCN(C(=O)c3sc4nc5c(cc4c3N)CC(C)CC5)CC2)cc1. The van der Waals surface area contributed by atoms with Crippen LogP contribution in [0.5, 0.6) is 5.75 Å². The van der Waals surface area contributed by atoms with Crippen LogP contribution in [0.3, 0.4) is 0 Å². The van der Waals surface area contributed by atoms with Crippen LogP contribution in [0.4, 0.5) is 11.4 Å². The van der Waals surface area contributed by atoms with Crippen LogP contribution in [-0.4, -0.2) is 49.1 Å². The van der Waals surface area contributed by atoms with Crippen molar-refractivity contribution in [3.8, 4) is 5.75 Å². The molecule has 0 saturated carbocycles. The summed E-state index contributed by atoms with van der Waals surface area (Å²) in [5.41, 5.74) is 10.7. The van der Waals surface area contributed by atoms with Gasteiger partial charge < -0.3 is 20.3 Å². The number of piperazine rings is 1. The Labute approximate surface area is 186 Å². The van der Waals surface area contributed by atoms with Crippen molar-refractivity contribution in [2.24, 2.45) is 5.92 Å². The molecule has 1 aliphatic heterocycles. The monoisotopic (exact) mass is 436 g/mol. The smallest absolute Gasteiger partial charge is 0.266 e. The largest absolute Gasteiger partial charge is 0.497 e. The summed E-state index contributed by atoms with van der Waals surface area (Å²) in [4.78, 5) is 23.9. The number of thiophene rings is 1. The zero-order valence-corrected chi connectivity index (χ0v) is 18.9. The molecule has 1 fully saturated rings. The van der Waals surface area contributed by atoms with Crippen molar-refractivity contribution in [2.75, 3.05) is 43.9 Å². The van der Waals surface area contributed by atoms with Crippen molar-refractivity contribution in [1.82, 2.24) is 9.88 Å². The van der Waals surface area contributed by atoms with Crippen LogP contribution < -0.4 is 15.4 Å². The Morgan fingerprint density at radius 1 is 1.19 bits per heavy atom. The van der Waals surface area contributed by atoms with Crippen molar-refractivity contribution < 1.29 is 9.53 Å². The number of hydrogen-bond acceptors (Lipinski definition) is 6. The first-order chi connectivity index (χ1) is 15.0. The summed E-state index contributed by atoms with van der Waals surface area (Å²) in [7, 11) is 1.67. The number of carbonyl (C=O) groups excluding carboxylic acids is 1. The van der Waals surface area contributed by atoms with Gasteiger partial charge in [-0.1, -0.05) is 6.92 Å². The molecule has 0 spiro atoms. The van der Waals surface area contributed by atoms with Crippen molar-refractivity contribution >= 4 is 38.8 Å². The number of pyridine rings is 1. The van der Waals surface area contributed by atoms with Crippen LogP contribution in [0.2, 0.25) is 0 Å². The van der Waals surface area contributed by atoms with Gasteiger partial charge in [0.15, 0.2) is 0 Å². The van der Waals surface area contributed by atoms with Crippen molar-refractivity contribution in [2.45, 2.75) is 26.2 Å². The predicted octanol–water partition coefficient (Wildman–Crippen LogP) is 3.97. The predicted molar refractivity (Wildman–Crippen MR) is 126 cm³/mol. The van der Waals surface area contributed by atoms with Crippen LogP contribution in [-0.2, 0) is 12.8 Å². The van der Waals surface area contributed by atoms with Gasteiger partial charge in [-0.2, -0.15) is 0 Å². The number of amides is 1. The molecule has 6 nitrogen and oxygen atoms in total. The summed E-state index contributed by atoms with van der Waals surface area (Å²) in [6.07, 6.45) is 3.24. The minimum atomic E-state index is 0.0289. The van der Waals surface area contributed by atoms with Crippen LogP contribution >= 0.6 is 11.3 Å². The van der Waals surface area contributed by atoms with Crippen LogP contribution in [0.15, 0.2) is 30.3 Å². The average molecular weight is 437 g/mol. The maximum absolute atomic E-state index is 13.3. The molecule has 0 radical (unpaired) electrons. The number of rotatable bonds is 3. The van der Waals surface area contributed by atoms with E-state index >= 15 is 0 Å². The Balaban J connectivity index is 1.33. The maximum atomic E-state index is 13.3. The molecule has 0 bridgehead atoms. The van der Waals surface area contributed by atoms with E-state index in [9.17, 15) is 4.79 Å². The lowest BCUT2D eigenvalue weighted by molar-refractivity contribution is 0.0752. The highest BCUT2D eigenvalue weighted by Gasteiger charge is 2.27. The number of benzene rings is 1. The van der Waals surface area contributed by atoms with Crippen LogP contribution in [0.1, 0.15) is 34.3 Å². The first-order valence-electron chi connectivity index (χ1n) is 10.9. The zero-order chi connectivity index (χ0) is 21.5. The third-order valence-corrected chi connectivity index (χ3v) is 7.63. The van der Waals surface area contributed by atoms with E-state index in [-0.39, 0.29) is 5.91 Å². The van der Waals surface area contributed by atoms with Gasteiger partial charge in [0.25, 0.3) is 5.91 Å². The topological polar surface area (TPSA) is 71.7 Å². The standard InChI is InChI=1S/C24H28N4O2S/c1-15-3-8-20-16(13-15)14-19-21(25)22(31-23(19)26-20)24(29)28-11-9-27(10-12-28)17-4-6-18(30-2)7-5-17/h4-7,14-15H,3,8-13,25H2,1-2H3. The number of nitrogens with zero attached hydrogens (tertiary/aromatic N) is 3. The van der Waals surface area contributed by atoms with Gasteiger partial charge in [0.1, 0.15) is 15.5 Å². The number of carbonyl (C=O) groups is 1. The molecule has 1 amide bonds. The van der Waals surface area contributed by atoms with Crippen molar-refractivity contribution in [3.05, 3.63) is 46.5 Å². The molecule has 162 valence electrons. The van der Waals surface area contributed by atoms with E-state index in [4.69, 9.17) is 15.5 Å². The highest BCUT2D eigenvalue weighted by atomic mass is 32.1. The molecular formula is C24H28N4O2S. The molecule has 2 aliphatic rings. The van der Waals surface area contributed by atoms with E-state index in [0.717, 1.165) is 47.6 Å². The molecule has 7 heteroatoms. The molecule has 2 aromatic heterocycles. The second kappa shape index (κ2) is 8.04. The van der Waals surface area contributed by atoms with Gasteiger partial charge in [-0.3, -0.25) is 4.79 Å². The Morgan fingerprint density at radius 2 is 1.94 bits per heavy atom. The quantitative estimate of drug-likeness (QED) is 0.673.